The van der Waals surface area contributed by atoms with Crippen LogP contribution in [0.4, 0.5) is 0 Å². The fourth-order valence-electron chi connectivity index (χ4n) is 4.53. The molecule has 38 heavy (non-hydrogen) atoms. The van der Waals surface area contributed by atoms with Gasteiger partial charge in [-0.2, -0.15) is 0 Å². The Labute approximate surface area is 218 Å². The highest BCUT2D eigenvalue weighted by atomic mass is 16.7. The van der Waals surface area contributed by atoms with Crippen LogP contribution in [0.15, 0.2) is 69.9 Å². The smallest absolute Gasteiger partial charge is 0.343 e. The average molecular weight is 518 g/mol. The highest BCUT2D eigenvalue weighted by Gasteiger charge is 2.28. The summed E-state index contributed by atoms with van der Waals surface area (Å²) in [4.78, 5) is 26.3. The highest BCUT2D eigenvalue weighted by molar-refractivity contribution is 5.85. The molecule has 2 heterocycles. The van der Waals surface area contributed by atoms with Gasteiger partial charge < -0.3 is 33.8 Å². The van der Waals surface area contributed by atoms with Crippen LogP contribution >= 0.6 is 0 Å². The van der Waals surface area contributed by atoms with Crippen LogP contribution in [-0.2, 0) is 11.3 Å². The van der Waals surface area contributed by atoms with Gasteiger partial charge in [-0.25, -0.2) is 4.79 Å². The molecule has 0 spiro atoms. The molecule has 4 aromatic rings. The van der Waals surface area contributed by atoms with Gasteiger partial charge >= 0.3 is 5.63 Å². The largest absolute Gasteiger partial charge is 0.507 e. The number of ether oxygens (including phenoxy) is 4. The van der Waals surface area contributed by atoms with Crippen molar-refractivity contribution in [2.75, 3.05) is 20.5 Å². The first-order chi connectivity index (χ1) is 18.5. The van der Waals surface area contributed by atoms with E-state index in [1.165, 1.54) is 0 Å². The molecule has 9 heteroatoms. The molecular formula is C29H27NO8. The highest BCUT2D eigenvalue weighted by Crippen LogP contribution is 2.40. The van der Waals surface area contributed by atoms with Crippen molar-refractivity contribution >= 4 is 16.9 Å². The predicted molar refractivity (Wildman–Crippen MR) is 139 cm³/mol. The van der Waals surface area contributed by atoms with Gasteiger partial charge in [0, 0.05) is 18.9 Å². The summed E-state index contributed by atoms with van der Waals surface area (Å²) in [6.45, 7) is 2.66. The molecule has 9 nitrogen and oxygen atoms in total. The lowest BCUT2D eigenvalue weighted by molar-refractivity contribution is -0.121. The first-order valence-corrected chi connectivity index (χ1v) is 12.2. The molecule has 2 N–H and O–H groups in total. The summed E-state index contributed by atoms with van der Waals surface area (Å²) in [5, 5.41) is 14.4. The van der Waals surface area contributed by atoms with Gasteiger partial charge in [0.1, 0.15) is 11.3 Å². The van der Waals surface area contributed by atoms with Crippen LogP contribution in [0.3, 0.4) is 0 Å². The Morgan fingerprint density at radius 2 is 1.87 bits per heavy atom. The molecule has 0 saturated heterocycles. The number of carbonyl (C=O) groups excluding carboxylic acids is 1. The Bertz CT molecular complexity index is 1540. The minimum absolute atomic E-state index is 0.000736. The van der Waals surface area contributed by atoms with Crippen molar-refractivity contribution in [3.63, 3.8) is 0 Å². The van der Waals surface area contributed by atoms with Gasteiger partial charge in [0.2, 0.25) is 12.7 Å². The summed E-state index contributed by atoms with van der Waals surface area (Å²) in [5.74, 6) is 0.898. The molecule has 196 valence electrons. The summed E-state index contributed by atoms with van der Waals surface area (Å²) in [6.07, 6.45) is -0.120. The zero-order valence-corrected chi connectivity index (χ0v) is 21.0. The number of carbonyl (C=O) groups is 1. The van der Waals surface area contributed by atoms with Gasteiger partial charge in [-0.15, -0.1) is 0 Å². The van der Waals surface area contributed by atoms with Gasteiger partial charge in [0.15, 0.2) is 23.0 Å². The maximum absolute atomic E-state index is 13.2. The Hall–Kier alpha value is -4.66. The number of amides is 1. The monoisotopic (exact) mass is 517 g/mol. The third-order valence-electron chi connectivity index (χ3n) is 6.37. The van der Waals surface area contributed by atoms with E-state index < -0.39 is 11.5 Å². The van der Waals surface area contributed by atoms with E-state index in [9.17, 15) is 14.7 Å². The summed E-state index contributed by atoms with van der Waals surface area (Å²) in [5.41, 5.74) is 0.965. The molecule has 1 aliphatic heterocycles. The van der Waals surface area contributed by atoms with Crippen molar-refractivity contribution < 1.29 is 33.3 Å². The Kier molecular flexibility index (Phi) is 7.08. The van der Waals surface area contributed by atoms with E-state index in [0.29, 0.717) is 40.6 Å². The van der Waals surface area contributed by atoms with Crippen molar-refractivity contribution in [1.29, 1.82) is 0 Å². The minimum atomic E-state index is -0.805. The van der Waals surface area contributed by atoms with Crippen molar-refractivity contribution in [2.45, 2.75) is 25.8 Å². The van der Waals surface area contributed by atoms with E-state index in [-0.39, 0.29) is 42.6 Å². The predicted octanol–water partition coefficient (Wildman–Crippen LogP) is 4.47. The zero-order chi connectivity index (χ0) is 26.6. The second-order valence-electron chi connectivity index (χ2n) is 8.71. The van der Waals surface area contributed by atoms with Crippen LogP contribution in [0.2, 0.25) is 0 Å². The molecule has 1 atom stereocenters. The summed E-state index contributed by atoms with van der Waals surface area (Å²) in [7, 11) is 1.56. The van der Waals surface area contributed by atoms with Crippen LogP contribution in [-0.4, -0.2) is 31.5 Å². The number of hydrogen-bond donors (Lipinski definition) is 2. The van der Waals surface area contributed by atoms with Gasteiger partial charge in [0.05, 0.1) is 24.7 Å². The number of fused-ring (bicyclic) bond motifs is 2. The molecule has 1 amide bonds. The van der Waals surface area contributed by atoms with Crippen molar-refractivity contribution in [1.82, 2.24) is 5.32 Å². The molecule has 0 bridgehead atoms. The van der Waals surface area contributed by atoms with E-state index in [0.717, 1.165) is 5.56 Å². The molecule has 3 aromatic carbocycles. The SMILES string of the molecule is CCOc1cc(CNC(=O)C[C@H](c2ccc3c(c2)OCO3)c2c(O)c3ccccc3oc2=O)ccc1OC. The second-order valence-corrected chi connectivity index (χ2v) is 8.71. The minimum Gasteiger partial charge on any atom is -0.507 e. The number of rotatable bonds is 9. The van der Waals surface area contributed by atoms with Gasteiger partial charge in [-0.3, -0.25) is 4.79 Å². The number of para-hydroxylation sites is 1. The van der Waals surface area contributed by atoms with Crippen molar-refractivity contribution in [2.24, 2.45) is 0 Å². The van der Waals surface area contributed by atoms with E-state index in [1.807, 2.05) is 19.1 Å². The van der Waals surface area contributed by atoms with Crippen LogP contribution in [0.1, 0.15) is 36.0 Å². The quantitative estimate of drug-likeness (QED) is 0.313. The molecule has 0 aliphatic carbocycles. The lowest BCUT2D eigenvalue weighted by Gasteiger charge is -2.19. The Balaban J connectivity index is 1.45. The lowest BCUT2D eigenvalue weighted by atomic mass is 9.87. The van der Waals surface area contributed by atoms with E-state index in [1.54, 1.807) is 55.6 Å². The van der Waals surface area contributed by atoms with Gasteiger partial charge in [0.25, 0.3) is 0 Å². The topological polar surface area (TPSA) is 116 Å². The van der Waals surface area contributed by atoms with Gasteiger partial charge in [-0.05, 0) is 54.4 Å². The number of hydrogen-bond acceptors (Lipinski definition) is 8. The fourth-order valence-corrected chi connectivity index (χ4v) is 4.53. The standard InChI is InChI=1S/C29H27NO8/c1-3-35-24-12-17(8-10-22(24)34-2)15-30-26(31)14-20(18-9-11-23-25(13-18)37-16-36-23)27-28(32)19-6-4-5-7-21(19)38-29(27)33/h4-13,20,32H,3,14-16H2,1-2H3,(H,30,31)/t20-/m1/s1. The lowest BCUT2D eigenvalue weighted by Crippen LogP contribution is -2.26. The number of benzene rings is 3. The molecule has 0 unspecified atom stereocenters. The number of aromatic hydroxyl groups is 1. The molecule has 1 aromatic heterocycles. The summed E-state index contributed by atoms with van der Waals surface area (Å²) in [6, 6.07) is 17.3. The molecule has 0 fully saturated rings. The Morgan fingerprint density at radius 3 is 2.68 bits per heavy atom. The fraction of sp³-hybridized carbons (Fsp3) is 0.241. The molecule has 0 saturated carbocycles. The second kappa shape index (κ2) is 10.8. The van der Waals surface area contributed by atoms with E-state index in [4.69, 9.17) is 23.4 Å². The van der Waals surface area contributed by atoms with Crippen LogP contribution in [0.5, 0.6) is 28.7 Å². The number of methoxy groups -OCH3 is 1. The van der Waals surface area contributed by atoms with Gasteiger partial charge in [-0.1, -0.05) is 24.3 Å². The van der Waals surface area contributed by atoms with Crippen LogP contribution in [0, 0.1) is 0 Å². The normalized spacial score (nSPS) is 12.8. The zero-order valence-electron chi connectivity index (χ0n) is 21.0. The first kappa shape index (κ1) is 25.0. The summed E-state index contributed by atoms with van der Waals surface area (Å²) >= 11 is 0. The maximum Gasteiger partial charge on any atom is 0.343 e. The van der Waals surface area contributed by atoms with E-state index >= 15 is 0 Å². The third kappa shape index (κ3) is 4.95. The Morgan fingerprint density at radius 1 is 1.05 bits per heavy atom. The molecular weight excluding hydrogens is 490 g/mol. The van der Waals surface area contributed by atoms with Crippen molar-refractivity contribution in [3.8, 4) is 28.7 Å². The molecule has 1 aliphatic rings. The molecule has 5 rings (SSSR count). The maximum atomic E-state index is 13.2. The summed E-state index contributed by atoms with van der Waals surface area (Å²) < 4.78 is 27.4. The van der Waals surface area contributed by atoms with E-state index in [2.05, 4.69) is 5.32 Å². The van der Waals surface area contributed by atoms with Crippen LogP contribution in [0.25, 0.3) is 11.0 Å². The first-order valence-electron chi connectivity index (χ1n) is 12.2. The average Bonchev–Trinajstić information content (AvgIpc) is 3.40. The molecule has 0 radical (unpaired) electrons. The van der Waals surface area contributed by atoms with Crippen LogP contribution < -0.4 is 29.9 Å². The number of nitrogens with one attached hydrogen (secondary N) is 1. The third-order valence-corrected chi connectivity index (χ3v) is 6.37. The van der Waals surface area contributed by atoms with Crippen molar-refractivity contribution in [3.05, 3.63) is 87.8 Å².